The van der Waals surface area contributed by atoms with Gasteiger partial charge in [-0.25, -0.2) is 4.99 Å². The highest BCUT2D eigenvalue weighted by molar-refractivity contribution is 14.0. The summed E-state index contributed by atoms with van der Waals surface area (Å²) in [5.41, 5.74) is 1.36. The number of nitrogens with one attached hydrogen (secondary N) is 2. The summed E-state index contributed by atoms with van der Waals surface area (Å²) in [6, 6.07) is 10.3. The minimum atomic E-state index is 0. The van der Waals surface area contributed by atoms with Crippen LogP contribution in [0.2, 0.25) is 0 Å². The number of hydrogen-bond donors (Lipinski definition) is 2. The van der Waals surface area contributed by atoms with Gasteiger partial charge in [-0.1, -0.05) is 30.3 Å². The topological polar surface area (TPSA) is 48.9 Å². The summed E-state index contributed by atoms with van der Waals surface area (Å²) in [6.07, 6.45) is 2.09. The van der Waals surface area contributed by atoms with Crippen molar-refractivity contribution in [2.24, 2.45) is 4.99 Å². The fourth-order valence-corrected chi connectivity index (χ4v) is 2.88. The lowest BCUT2D eigenvalue weighted by Crippen LogP contribution is -2.57. The third kappa shape index (κ3) is 6.22. The first-order valence-electron chi connectivity index (χ1n) is 8.47. The molecule has 2 N–H and O–H groups in total. The van der Waals surface area contributed by atoms with Gasteiger partial charge in [0.15, 0.2) is 5.96 Å². The molecule has 1 saturated heterocycles. The highest BCUT2D eigenvalue weighted by atomic mass is 127. The summed E-state index contributed by atoms with van der Waals surface area (Å²) in [7, 11) is 4.31. The van der Waals surface area contributed by atoms with Crippen molar-refractivity contribution in [1.82, 2.24) is 15.5 Å². The van der Waals surface area contributed by atoms with E-state index in [1.807, 2.05) is 18.2 Å². The van der Waals surface area contributed by atoms with Gasteiger partial charge in [0.25, 0.3) is 0 Å². The third-order valence-corrected chi connectivity index (χ3v) is 4.56. The van der Waals surface area contributed by atoms with Crippen molar-refractivity contribution < 1.29 is 4.74 Å². The van der Waals surface area contributed by atoms with E-state index >= 15 is 0 Å². The largest absolute Gasteiger partial charge is 0.381 e. The van der Waals surface area contributed by atoms with Crippen LogP contribution in [0.15, 0.2) is 35.3 Å². The van der Waals surface area contributed by atoms with Gasteiger partial charge in [0, 0.05) is 31.8 Å². The maximum atomic E-state index is 5.53. The van der Waals surface area contributed by atoms with Crippen molar-refractivity contribution >= 4 is 29.9 Å². The second-order valence-electron chi connectivity index (χ2n) is 6.27. The zero-order valence-electron chi connectivity index (χ0n) is 15.0. The van der Waals surface area contributed by atoms with Crippen molar-refractivity contribution in [3.63, 3.8) is 0 Å². The molecule has 0 atom stereocenters. The van der Waals surface area contributed by atoms with Crippen LogP contribution in [0.3, 0.4) is 0 Å². The maximum absolute atomic E-state index is 5.53. The van der Waals surface area contributed by atoms with Gasteiger partial charge >= 0.3 is 0 Å². The lowest BCUT2D eigenvalue weighted by atomic mass is 9.88. The SMILES string of the molecule is CCNC(=NCc1ccccc1)NCC1(N(C)C)CCOCC1.I. The van der Waals surface area contributed by atoms with Crippen molar-refractivity contribution in [2.75, 3.05) is 40.4 Å². The molecule has 0 radical (unpaired) electrons. The average Bonchev–Trinajstić information content (AvgIpc) is 2.59. The van der Waals surface area contributed by atoms with Crippen LogP contribution >= 0.6 is 24.0 Å². The summed E-state index contributed by atoms with van der Waals surface area (Å²) >= 11 is 0. The van der Waals surface area contributed by atoms with Crippen LogP contribution in [-0.4, -0.2) is 56.8 Å². The molecule has 5 nitrogen and oxygen atoms in total. The molecule has 136 valence electrons. The van der Waals surface area contributed by atoms with E-state index < -0.39 is 0 Å². The van der Waals surface area contributed by atoms with E-state index in [2.05, 4.69) is 48.7 Å². The minimum absolute atomic E-state index is 0. The fourth-order valence-electron chi connectivity index (χ4n) is 2.88. The number of hydrogen-bond acceptors (Lipinski definition) is 3. The molecule has 0 unspecified atom stereocenters. The number of guanidine groups is 1. The van der Waals surface area contributed by atoms with Gasteiger partial charge in [-0.3, -0.25) is 0 Å². The summed E-state index contributed by atoms with van der Waals surface area (Å²) in [4.78, 5) is 7.03. The van der Waals surface area contributed by atoms with Gasteiger partial charge < -0.3 is 20.3 Å². The fraction of sp³-hybridized carbons (Fsp3) is 0.611. The van der Waals surface area contributed by atoms with Gasteiger partial charge in [-0.05, 0) is 39.4 Å². The van der Waals surface area contributed by atoms with E-state index in [9.17, 15) is 0 Å². The molecular formula is C18H31IN4O. The molecule has 1 aliphatic heterocycles. The molecule has 24 heavy (non-hydrogen) atoms. The molecule has 1 heterocycles. The highest BCUT2D eigenvalue weighted by Gasteiger charge is 2.34. The summed E-state index contributed by atoms with van der Waals surface area (Å²) < 4.78 is 5.53. The number of aliphatic imine (C=N–C) groups is 1. The number of likely N-dealkylation sites (N-methyl/N-ethyl adjacent to an activating group) is 1. The zero-order chi connectivity index (χ0) is 16.5. The Kier molecular flexibility index (Phi) is 9.61. The molecule has 0 aliphatic carbocycles. The van der Waals surface area contributed by atoms with Gasteiger partial charge in [0.1, 0.15) is 0 Å². The van der Waals surface area contributed by atoms with Crippen LogP contribution in [0.4, 0.5) is 0 Å². The monoisotopic (exact) mass is 446 g/mol. The summed E-state index contributed by atoms with van der Waals surface area (Å²) in [5, 5.41) is 6.86. The molecule has 0 aromatic heterocycles. The molecule has 2 rings (SSSR count). The first-order chi connectivity index (χ1) is 11.2. The van der Waals surface area contributed by atoms with Crippen LogP contribution in [-0.2, 0) is 11.3 Å². The Morgan fingerprint density at radius 2 is 1.83 bits per heavy atom. The van der Waals surface area contributed by atoms with Crippen molar-refractivity contribution in [3.05, 3.63) is 35.9 Å². The Morgan fingerprint density at radius 3 is 2.42 bits per heavy atom. The summed E-state index contributed by atoms with van der Waals surface area (Å²) in [6.45, 7) is 6.18. The Hall–Kier alpha value is -0.860. The van der Waals surface area contributed by atoms with Crippen LogP contribution in [0.5, 0.6) is 0 Å². The minimum Gasteiger partial charge on any atom is -0.381 e. The first-order valence-corrected chi connectivity index (χ1v) is 8.47. The van der Waals surface area contributed by atoms with E-state index in [1.54, 1.807) is 0 Å². The first kappa shape index (κ1) is 21.2. The number of benzene rings is 1. The van der Waals surface area contributed by atoms with Crippen LogP contribution < -0.4 is 10.6 Å². The van der Waals surface area contributed by atoms with Crippen molar-refractivity contribution in [1.29, 1.82) is 0 Å². The molecule has 6 heteroatoms. The number of nitrogens with zero attached hydrogens (tertiary/aromatic N) is 2. The smallest absolute Gasteiger partial charge is 0.191 e. The summed E-state index contributed by atoms with van der Waals surface area (Å²) in [5.74, 6) is 0.879. The normalized spacial score (nSPS) is 17.2. The zero-order valence-corrected chi connectivity index (χ0v) is 17.4. The Morgan fingerprint density at radius 1 is 1.17 bits per heavy atom. The Balaban J connectivity index is 0.00000288. The van der Waals surface area contributed by atoms with Crippen LogP contribution in [0.1, 0.15) is 25.3 Å². The van der Waals surface area contributed by atoms with E-state index in [-0.39, 0.29) is 29.5 Å². The molecular weight excluding hydrogens is 415 g/mol. The van der Waals surface area contributed by atoms with Crippen molar-refractivity contribution in [2.45, 2.75) is 31.8 Å². The van der Waals surface area contributed by atoms with E-state index in [0.717, 1.165) is 45.1 Å². The molecule has 0 bridgehead atoms. The quantitative estimate of drug-likeness (QED) is 0.401. The molecule has 1 aromatic carbocycles. The second-order valence-corrected chi connectivity index (χ2v) is 6.27. The predicted molar refractivity (Wildman–Crippen MR) is 111 cm³/mol. The van der Waals surface area contributed by atoms with Gasteiger partial charge in [0.2, 0.25) is 0 Å². The molecule has 0 amide bonds. The lowest BCUT2D eigenvalue weighted by Gasteiger charge is -2.43. The standard InChI is InChI=1S/C18H30N4O.HI/c1-4-19-17(20-14-16-8-6-5-7-9-16)21-15-18(22(2)3)10-12-23-13-11-18;/h5-9H,4,10-15H2,1-3H3,(H2,19,20,21);1H. The molecule has 1 fully saturated rings. The average molecular weight is 446 g/mol. The van der Waals surface area contributed by atoms with E-state index in [4.69, 9.17) is 9.73 Å². The van der Waals surface area contributed by atoms with Crippen LogP contribution in [0, 0.1) is 0 Å². The molecule has 1 aromatic rings. The maximum Gasteiger partial charge on any atom is 0.191 e. The van der Waals surface area contributed by atoms with Gasteiger partial charge in [-0.15, -0.1) is 24.0 Å². The number of rotatable bonds is 6. The Labute approximate surface area is 163 Å². The third-order valence-electron chi connectivity index (χ3n) is 4.56. The van der Waals surface area contributed by atoms with Crippen molar-refractivity contribution in [3.8, 4) is 0 Å². The molecule has 0 saturated carbocycles. The van der Waals surface area contributed by atoms with E-state index in [1.165, 1.54) is 5.56 Å². The van der Waals surface area contributed by atoms with E-state index in [0.29, 0.717) is 6.54 Å². The molecule has 0 spiro atoms. The second kappa shape index (κ2) is 10.9. The van der Waals surface area contributed by atoms with Gasteiger partial charge in [0.05, 0.1) is 6.54 Å². The van der Waals surface area contributed by atoms with Crippen LogP contribution in [0.25, 0.3) is 0 Å². The van der Waals surface area contributed by atoms with Gasteiger partial charge in [-0.2, -0.15) is 0 Å². The number of halogens is 1. The Bertz CT molecular complexity index is 487. The predicted octanol–water partition coefficient (Wildman–Crippen LogP) is 2.47. The number of ether oxygens (including phenoxy) is 1. The lowest BCUT2D eigenvalue weighted by molar-refractivity contribution is -0.00501. The highest BCUT2D eigenvalue weighted by Crippen LogP contribution is 2.24. The molecule has 1 aliphatic rings.